The van der Waals surface area contributed by atoms with Crippen LogP contribution in [-0.4, -0.2) is 45.4 Å². The van der Waals surface area contributed by atoms with Crippen LogP contribution in [0.25, 0.3) is 0 Å². The Morgan fingerprint density at radius 1 is 1.23 bits per heavy atom. The first-order valence-corrected chi connectivity index (χ1v) is 9.31. The van der Waals surface area contributed by atoms with Gasteiger partial charge in [0, 0.05) is 12.8 Å². The Kier molecular flexibility index (Phi) is 6.07. The zero-order valence-electron chi connectivity index (χ0n) is 12.1. The van der Waals surface area contributed by atoms with Gasteiger partial charge in [-0.05, 0) is 12.1 Å². The van der Waals surface area contributed by atoms with E-state index in [1.165, 1.54) is 21.3 Å². The topological polar surface area (TPSA) is 65.6 Å². The molecule has 0 saturated carbocycles. The molecule has 5 nitrogen and oxygen atoms in total. The molecular formula is C14H18Cl2N3O2S+. The average Bonchev–Trinajstić information content (AvgIpc) is 2.47. The lowest BCUT2D eigenvalue weighted by Crippen LogP contribution is -3.14. The lowest BCUT2D eigenvalue weighted by Gasteiger charge is -2.31. The molecular weight excluding hydrogens is 345 g/mol. The van der Waals surface area contributed by atoms with E-state index >= 15 is 0 Å². The molecule has 8 heteroatoms. The summed E-state index contributed by atoms with van der Waals surface area (Å²) in [5.41, 5.74) is 0. The van der Waals surface area contributed by atoms with Crippen molar-refractivity contribution in [3.8, 4) is 6.07 Å². The van der Waals surface area contributed by atoms with E-state index in [0.717, 1.165) is 26.1 Å². The van der Waals surface area contributed by atoms with Crippen molar-refractivity contribution < 1.29 is 13.3 Å². The molecule has 0 bridgehead atoms. The highest BCUT2D eigenvalue weighted by Crippen LogP contribution is 2.31. The lowest BCUT2D eigenvalue weighted by atomic mass is 10.3. The average molecular weight is 363 g/mol. The van der Waals surface area contributed by atoms with Gasteiger partial charge in [-0.2, -0.15) is 9.57 Å². The van der Waals surface area contributed by atoms with E-state index in [-0.39, 0.29) is 14.9 Å². The maximum absolute atomic E-state index is 12.7. The van der Waals surface area contributed by atoms with Gasteiger partial charge < -0.3 is 4.90 Å². The Morgan fingerprint density at radius 2 is 1.82 bits per heavy atom. The molecule has 1 heterocycles. The molecule has 0 amide bonds. The summed E-state index contributed by atoms with van der Waals surface area (Å²) >= 11 is 12.0. The molecule has 1 N–H and O–H groups in total. The summed E-state index contributed by atoms with van der Waals surface area (Å²) < 4.78 is 26.8. The predicted octanol–water partition coefficient (Wildman–Crippen LogP) is 1.19. The number of nitrogens with zero attached hydrogens (tertiary/aromatic N) is 2. The zero-order valence-corrected chi connectivity index (χ0v) is 14.4. The molecule has 0 aromatic heterocycles. The highest BCUT2D eigenvalue weighted by molar-refractivity contribution is 7.89. The van der Waals surface area contributed by atoms with Crippen molar-refractivity contribution in [3.05, 3.63) is 28.2 Å². The van der Waals surface area contributed by atoms with Gasteiger partial charge in [0.25, 0.3) is 0 Å². The fourth-order valence-corrected chi connectivity index (χ4v) is 5.10. The molecule has 1 fully saturated rings. The van der Waals surface area contributed by atoms with Crippen molar-refractivity contribution in [2.45, 2.75) is 17.7 Å². The molecule has 1 aliphatic rings. The van der Waals surface area contributed by atoms with E-state index in [2.05, 4.69) is 6.07 Å². The van der Waals surface area contributed by atoms with Crippen LogP contribution < -0.4 is 4.90 Å². The van der Waals surface area contributed by atoms with Gasteiger partial charge in [-0.1, -0.05) is 29.3 Å². The highest BCUT2D eigenvalue weighted by atomic mass is 35.5. The Labute approximate surface area is 141 Å². The quantitative estimate of drug-likeness (QED) is 0.800. The summed E-state index contributed by atoms with van der Waals surface area (Å²) in [5, 5.41) is 8.85. The fourth-order valence-electron chi connectivity index (χ4n) is 2.57. The predicted molar refractivity (Wildman–Crippen MR) is 85.6 cm³/mol. The van der Waals surface area contributed by atoms with Gasteiger partial charge in [0.2, 0.25) is 10.0 Å². The summed E-state index contributed by atoms with van der Waals surface area (Å²) in [4.78, 5) is 1.32. The molecule has 1 saturated heterocycles. The van der Waals surface area contributed by atoms with Crippen LogP contribution in [0.1, 0.15) is 12.8 Å². The maximum Gasteiger partial charge on any atom is 0.246 e. The van der Waals surface area contributed by atoms with E-state index in [9.17, 15) is 8.42 Å². The number of sulfonamides is 1. The standard InChI is InChI=1S/C14H17Cl2N3O2S/c15-12-4-3-5-13(16)14(12)22(20,21)19-10-8-18(9-11-19)7-2-1-6-17/h3-5H,1-2,7-11H2/p+1. The molecule has 2 rings (SSSR count). The van der Waals surface area contributed by atoms with Crippen LogP contribution in [0.4, 0.5) is 0 Å². The second-order valence-electron chi connectivity index (χ2n) is 5.22. The van der Waals surface area contributed by atoms with Gasteiger partial charge in [-0.25, -0.2) is 8.42 Å². The second kappa shape index (κ2) is 7.62. The van der Waals surface area contributed by atoms with E-state index < -0.39 is 10.0 Å². The minimum absolute atomic E-state index is 0.00809. The van der Waals surface area contributed by atoms with Gasteiger partial charge in [-0.3, -0.25) is 0 Å². The van der Waals surface area contributed by atoms with E-state index in [1.54, 1.807) is 6.07 Å². The first-order chi connectivity index (χ1) is 10.5. The molecule has 1 aromatic carbocycles. The lowest BCUT2D eigenvalue weighted by molar-refractivity contribution is -0.903. The number of unbranched alkanes of at least 4 members (excludes halogenated alkanes) is 1. The molecule has 0 aliphatic carbocycles. The van der Waals surface area contributed by atoms with E-state index in [0.29, 0.717) is 19.5 Å². The minimum atomic E-state index is -3.67. The Balaban J connectivity index is 2.06. The third-order valence-corrected chi connectivity index (χ3v) is 6.62. The second-order valence-corrected chi connectivity index (χ2v) is 7.91. The molecule has 0 atom stereocenters. The number of rotatable bonds is 5. The number of benzene rings is 1. The Bertz CT molecular complexity index is 645. The number of hydrogen-bond donors (Lipinski definition) is 1. The largest absolute Gasteiger partial charge is 0.333 e. The Hall–Kier alpha value is -0.840. The summed E-state index contributed by atoms with van der Waals surface area (Å²) in [7, 11) is -3.67. The van der Waals surface area contributed by atoms with Crippen molar-refractivity contribution in [2.24, 2.45) is 0 Å². The van der Waals surface area contributed by atoms with Gasteiger partial charge in [-0.15, -0.1) is 0 Å². The zero-order chi connectivity index (χ0) is 16.2. The number of halogens is 2. The summed E-state index contributed by atoms with van der Waals surface area (Å²) in [6.45, 7) is 3.23. The minimum Gasteiger partial charge on any atom is -0.333 e. The third kappa shape index (κ3) is 3.92. The number of nitrogens with one attached hydrogen (secondary N) is 1. The summed E-state index contributed by atoms with van der Waals surface area (Å²) in [5.74, 6) is 0. The smallest absolute Gasteiger partial charge is 0.246 e. The first kappa shape index (κ1) is 17.5. The number of hydrogen-bond acceptors (Lipinski definition) is 3. The third-order valence-electron chi connectivity index (χ3n) is 3.77. The van der Waals surface area contributed by atoms with Crippen LogP contribution in [0.15, 0.2) is 23.1 Å². The highest BCUT2D eigenvalue weighted by Gasteiger charge is 2.33. The summed E-state index contributed by atoms with van der Waals surface area (Å²) in [6.07, 6.45) is 1.38. The SMILES string of the molecule is N#CCCC[NH+]1CCN(S(=O)(=O)c2c(Cl)cccc2Cl)CC1. The molecule has 0 unspecified atom stereocenters. The van der Waals surface area contributed by atoms with Crippen LogP contribution in [0.2, 0.25) is 10.0 Å². The molecule has 1 aliphatic heterocycles. The van der Waals surface area contributed by atoms with Gasteiger partial charge in [0.05, 0.1) is 48.8 Å². The van der Waals surface area contributed by atoms with Gasteiger partial charge in [0.15, 0.2) is 0 Å². The molecule has 22 heavy (non-hydrogen) atoms. The van der Waals surface area contributed by atoms with Crippen molar-refractivity contribution >= 4 is 33.2 Å². The normalized spacial score (nSPS) is 17.3. The van der Waals surface area contributed by atoms with Crippen molar-refractivity contribution in [2.75, 3.05) is 32.7 Å². The number of piperazine rings is 1. The van der Waals surface area contributed by atoms with E-state index in [4.69, 9.17) is 28.5 Å². The number of quaternary nitrogens is 1. The van der Waals surface area contributed by atoms with Crippen LogP contribution >= 0.6 is 23.2 Å². The number of nitriles is 1. The fraction of sp³-hybridized carbons (Fsp3) is 0.500. The van der Waals surface area contributed by atoms with Crippen LogP contribution in [-0.2, 0) is 10.0 Å². The molecule has 1 aromatic rings. The van der Waals surface area contributed by atoms with Crippen LogP contribution in [0, 0.1) is 11.3 Å². The Morgan fingerprint density at radius 3 is 2.36 bits per heavy atom. The van der Waals surface area contributed by atoms with E-state index in [1.807, 2.05) is 0 Å². The summed E-state index contributed by atoms with van der Waals surface area (Å²) in [6, 6.07) is 6.81. The monoisotopic (exact) mass is 362 g/mol. The molecule has 120 valence electrons. The van der Waals surface area contributed by atoms with Crippen LogP contribution in [0.5, 0.6) is 0 Å². The van der Waals surface area contributed by atoms with Crippen molar-refractivity contribution in [1.82, 2.24) is 4.31 Å². The maximum atomic E-state index is 12.7. The van der Waals surface area contributed by atoms with Gasteiger partial charge >= 0.3 is 0 Å². The van der Waals surface area contributed by atoms with Crippen LogP contribution in [0.3, 0.4) is 0 Å². The van der Waals surface area contributed by atoms with Gasteiger partial charge in [0.1, 0.15) is 4.90 Å². The van der Waals surface area contributed by atoms with Crippen molar-refractivity contribution in [1.29, 1.82) is 5.26 Å². The molecule has 0 radical (unpaired) electrons. The first-order valence-electron chi connectivity index (χ1n) is 7.11. The molecule has 0 spiro atoms. The van der Waals surface area contributed by atoms with Crippen molar-refractivity contribution in [3.63, 3.8) is 0 Å².